The van der Waals surface area contributed by atoms with Crippen LogP contribution in [0.25, 0.3) is 0 Å². The molecule has 0 bridgehead atoms. The largest absolute Gasteiger partial charge is 0.484 e. The van der Waals surface area contributed by atoms with Gasteiger partial charge in [0, 0.05) is 19.5 Å². The van der Waals surface area contributed by atoms with Crippen molar-refractivity contribution in [3.63, 3.8) is 0 Å². The number of benzene rings is 1. The molecule has 110 valence electrons. The van der Waals surface area contributed by atoms with Crippen molar-refractivity contribution in [1.82, 2.24) is 4.90 Å². The number of carbonyl (C=O) groups excluding carboxylic acids is 1. The molecule has 0 aliphatic heterocycles. The molecule has 1 aromatic rings. The van der Waals surface area contributed by atoms with E-state index in [0.717, 1.165) is 19.4 Å². The number of rotatable bonds is 9. The van der Waals surface area contributed by atoms with Crippen LogP contribution in [0.15, 0.2) is 30.3 Å². The number of hydrogen-bond acceptors (Lipinski definition) is 3. The maximum Gasteiger partial charge on any atom is 0.260 e. The molecule has 0 heterocycles. The van der Waals surface area contributed by atoms with E-state index in [-0.39, 0.29) is 12.5 Å². The van der Waals surface area contributed by atoms with E-state index < -0.39 is 0 Å². The van der Waals surface area contributed by atoms with E-state index in [9.17, 15) is 4.79 Å². The van der Waals surface area contributed by atoms with Crippen LogP contribution in [0, 0.1) is 0 Å². The van der Waals surface area contributed by atoms with Gasteiger partial charge in [-0.25, -0.2) is 0 Å². The molecule has 4 nitrogen and oxygen atoms in total. The first-order chi connectivity index (χ1) is 9.63. The zero-order valence-electron chi connectivity index (χ0n) is 11.9. The molecule has 0 aromatic heterocycles. The highest BCUT2D eigenvalue weighted by molar-refractivity contribution is 7.80. The third-order valence-electron chi connectivity index (χ3n) is 2.87. The van der Waals surface area contributed by atoms with E-state index in [0.29, 0.717) is 23.7 Å². The molecule has 1 amide bonds. The highest BCUT2D eigenvalue weighted by Crippen LogP contribution is 2.08. The smallest absolute Gasteiger partial charge is 0.260 e. The fourth-order valence-corrected chi connectivity index (χ4v) is 1.80. The Hall–Kier alpha value is -1.62. The lowest BCUT2D eigenvalue weighted by Crippen LogP contribution is -2.37. The molecule has 1 aromatic carbocycles. The molecule has 0 radical (unpaired) electrons. The van der Waals surface area contributed by atoms with Crippen LogP contribution in [0.3, 0.4) is 0 Å². The molecule has 0 saturated carbocycles. The monoisotopic (exact) mass is 294 g/mol. The summed E-state index contributed by atoms with van der Waals surface area (Å²) >= 11 is 4.86. The molecule has 0 saturated heterocycles. The Bertz CT molecular complexity index is 423. The highest BCUT2D eigenvalue weighted by atomic mass is 32.1. The zero-order chi connectivity index (χ0) is 14.8. The Labute approximate surface area is 125 Å². The van der Waals surface area contributed by atoms with Gasteiger partial charge < -0.3 is 15.4 Å². The summed E-state index contributed by atoms with van der Waals surface area (Å²) in [6, 6.07) is 9.32. The minimum Gasteiger partial charge on any atom is -0.484 e. The molecule has 2 N–H and O–H groups in total. The Morgan fingerprint density at radius 2 is 2.00 bits per heavy atom. The number of amides is 1. The van der Waals surface area contributed by atoms with Gasteiger partial charge in [-0.15, -0.1) is 0 Å². The molecule has 0 spiro atoms. The highest BCUT2D eigenvalue weighted by Gasteiger charge is 2.13. The van der Waals surface area contributed by atoms with Crippen LogP contribution in [0.5, 0.6) is 5.75 Å². The van der Waals surface area contributed by atoms with Crippen molar-refractivity contribution in [3.8, 4) is 5.75 Å². The number of carbonyl (C=O) groups is 1. The number of nitrogens with two attached hydrogens (primary N) is 1. The zero-order valence-corrected chi connectivity index (χ0v) is 12.7. The summed E-state index contributed by atoms with van der Waals surface area (Å²) in [6.45, 7) is 3.42. The number of nitrogens with zero attached hydrogens (tertiary/aromatic N) is 1. The van der Waals surface area contributed by atoms with Crippen LogP contribution in [0.1, 0.15) is 26.2 Å². The minimum absolute atomic E-state index is 0.0291. The molecular formula is C15H22N2O2S. The van der Waals surface area contributed by atoms with Gasteiger partial charge >= 0.3 is 0 Å². The molecule has 0 unspecified atom stereocenters. The lowest BCUT2D eigenvalue weighted by atomic mass is 10.3. The number of thiocarbonyl (C=S) groups is 1. The molecule has 20 heavy (non-hydrogen) atoms. The van der Waals surface area contributed by atoms with Gasteiger partial charge in [0.2, 0.25) is 0 Å². The summed E-state index contributed by atoms with van der Waals surface area (Å²) < 4.78 is 5.48. The van der Waals surface area contributed by atoms with Gasteiger partial charge in [-0.2, -0.15) is 0 Å². The fourth-order valence-electron chi connectivity index (χ4n) is 1.71. The first-order valence-corrected chi connectivity index (χ1v) is 7.28. The Kier molecular flexibility index (Phi) is 7.65. The first kappa shape index (κ1) is 16.4. The second-order valence-corrected chi connectivity index (χ2v) is 5.08. The van der Waals surface area contributed by atoms with E-state index >= 15 is 0 Å². The van der Waals surface area contributed by atoms with Gasteiger partial charge in [-0.3, -0.25) is 4.79 Å². The quantitative estimate of drug-likeness (QED) is 0.710. The van der Waals surface area contributed by atoms with Gasteiger partial charge in [0.15, 0.2) is 6.61 Å². The first-order valence-electron chi connectivity index (χ1n) is 6.87. The van der Waals surface area contributed by atoms with Crippen LogP contribution >= 0.6 is 12.2 Å². The van der Waals surface area contributed by atoms with E-state index in [1.165, 1.54) is 0 Å². The average molecular weight is 294 g/mol. The van der Waals surface area contributed by atoms with Crippen LogP contribution in [-0.2, 0) is 4.79 Å². The standard InChI is InChI=1S/C15H22N2O2S/c1-2-3-10-17(11-9-14(16)20)15(18)12-19-13-7-5-4-6-8-13/h4-8H,2-3,9-12H2,1H3,(H2,16,20). The van der Waals surface area contributed by atoms with E-state index in [1.807, 2.05) is 30.3 Å². The van der Waals surface area contributed by atoms with E-state index in [1.54, 1.807) is 4.90 Å². The van der Waals surface area contributed by atoms with Gasteiger partial charge in [0.1, 0.15) is 5.75 Å². The van der Waals surface area contributed by atoms with Crippen LogP contribution < -0.4 is 10.5 Å². The number of para-hydroxylation sites is 1. The predicted octanol–water partition coefficient (Wildman–Crippen LogP) is 2.37. The maximum absolute atomic E-state index is 12.2. The summed E-state index contributed by atoms with van der Waals surface area (Å²) in [7, 11) is 0. The second kappa shape index (κ2) is 9.31. The van der Waals surface area contributed by atoms with Crippen molar-refractivity contribution in [1.29, 1.82) is 0 Å². The molecule has 1 rings (SSSR count). The summed E-state index contributed by atoms with van der Waals surface area (Å²) in [5.41, 5.74) is 5.50. The summed E-state index contributed by atoms with van der Waals surface area (Å²) in [5.74, 6) is 0.671. The maximum atomic E-state index is 12.2. The molecule has 0 fully saturated rings. The fraction of sp³-hybridized carbons (Fsp3) is 0.467. The van der Waals surface area contributed by atoms with Crippen molar-refractivity contribution in [2.24, 2.45) is 5.73 Å². The molecular weight excluding hydrogens is 272 g/mol. The third-order valence-corrected chi connectivity index (χ3v) is 3.07. The summed E-state index contributed by atoms with van der Waals surface area (Å²) in [6.07, 6.45) is 2.56. The minimum atomic E-state index is -0.0291. The SMILES string of the molecule is CCCCN(CCC(N)=S)C(=O)COc1ccccc1. The van der Waals surface area contributed by atoms with Crippen molar-refractivity contribution < 1.29 is 9.53 Å². The normalized spacial score (nSPS) is 10.1. The average Bonchev–Trinajstić information content (AvgIpc) is 2.45. The van der Waals surface area contributed by atoms with Crippen molar-refractivity contribution >= 4 is 23.1 Å². The van der Waals surface area contributed by atoms with Crippen molar-refractivity contribution in [2.75, 3.05) is 19.7 Å². The van der Waals surface area contributed by atoms with Crippen molar-refractivity contribution in [3.05, 3.63) is 30.3 Å². The van der Waals surface area contributed by atoms with Gasteiger partial charge in [0.25, 0.3) is 5.91 Å². The van der Waals surface area contributed by atoms with Crippen LogP contribution in [-0.4, -0.2) is 35.5 Å². The third kappa shape index (κ3) is 6.52. The Balaban J connectivity index is 2.46. The number of unbranched alkanes of at least 4 members (excludes halogenated alkanes) is 1. The van der Waals surface area contributed by atoms with Gasteiger partial charge in [-0.05, 0) is 18.6 Å². The predicted molar refractivity (Wildman–Crippen MR) is 84.8 cm³/mol. The lowest BCUT2D eigenvalue weighted by molar-refractivity contribution is -0.133. The van der Waals surface area contributed by atoms with Gasteiger partial charge in [0.05, 0.1) is 4.99 Å². The topological polar surface area (TPSA) is 55.6 Å². The van der Waals surface area contributed by atoms with E-state index in [4.69, 9.17) is 22.7 Å². The summed E-state index contributed by atoms with van der Waals surface area (Å²) in [5, 5.41) is 0. The Morgan fingerprint density at radius 3 is 2.60 bits per heavy atom. The number of hydrogen-bond donors (Lipinski definition) is 1. The Morgan fingerprint density at radius 1 is 1.30 bits per heavy atom. The number of ether oxygens (including phenoxy) is 1. The summed E-state index contributed by atoms with van der Waals surface area (Å²) in [4.78, 5) is 14.4. The molecule has 5 heteroatoms. The van der Waals surface area contributed by atoms with Crippen LogP contribution in [0.2, 0.25) is 0 Å². The van der Waals surface area contributed by atoms with Crippen LogP contribution in [0.4, 0.5) is 0 Å². The molecule has 0 aliphatic rings. The molecule has 0 atom stereocenters. The van der Waals surface area contributed by atoms with E-state index in [2.05, 4.69) is 6.92 Å². The van der Waals surface area contributed by atoms with Gasteiger partial charge in [-0.1, -0.05) is 43.8 Å². The van der Waals surface area contributed by atoms with Crippen molar-refractivity contribution in [2.45, 2.75) is 26.2 Å². The second-order valence-electron chi connectivity index (χ2n) is 4.55. The lowest BCUT2D eigenvalue weighted by Gasteiger charge is -2.22. The molecule has 0 aliphatic carbocycles.